The van der Waals surface area contributed by atoms with Crippen LogP contribution < -0.4 is 5.06 Å². The fraction of sp³-hybridized carbons (Fsp3) is 0.588. The lowest BCUT2D eigenvalue weighted by Gasteiger charge is -2.32. The molecule has 0 saturated heterocycles. The van der Waals surface area contributed by atoms with E-state index in [1.165, 1.54) is 0 Å². The molecule has 2 radical (unpaired) electrons. The molecule has 2 rings (SSSR count). The van der Waals surface area contributed by atoms with Crippen LogP contribution in [0.25, 0.3) is 0 Å². The zero-order valence-corrected chi connectivity index (χ0v) is 14.9. The standard InChI is InChI=1S/C17H25N3O3/c1-15(2,3)18(21)13-10-8-12(9-11-13)14-19(22)16(4,5)17(6,7)20(14)23/h8-11H,1-7H3. The molecule has 126 valence electrons. The highest BCUT2D eigenvalue weighted by Gasteiger charge is 2.59. The Labute approximate surface area is 137 Å². The van der Waals surface area contributed by atoms with E-state index < -0.39 is 16.6 Å². The monoisotopic (exact) mass is 319 g/mol. The quantitative estimate of drug-likeness (QED) is 0.477. The van der Waals surface area contributed by atoms with Gasteiger partial charge < -0.3 is 5.21 Å². The van der Waals surface area contributed by atoms with Crippen LogP contribution >= 0.6 is 0 Å². The molecule has 6 heteroatoms. The van der Waals surface area contributed by atoms with Crippen LogP contribution in [0.15, 0.2) is 24.3 Å². The van der Waals surface area contributed by atoms with Crippen molar-refractivity contribution in [1.29, 1.82) is 0 Å². The Hall–Kier alpha value is -1.79. The highest BCUT2D eigenvalue weighted by Crippen LogP contribution is 2.37. The van der Waals surface area contributed by atoms with Gasteiger partial charge in [-0.05, 0) is 72.7 Å². The first-order valence-electron chi connectivity index (χ1n) is 7.71. The Morgan fingerprint density at radius 2 is 1.57 bits per heavy atom. The van der Waals surface area contributed by atoms with Crippen LogP contribution in [0.3, 0.4) is 0 Å². The van der Waals surface area contributed by atoms with Crippen LogP contribution in [-0.4, -0.2) is 32.3 Å². The Bertz CT molecular complexity index is 627. The topological polar surface area (TPSA) is 72.3 Å². The van der Waals surface area contributed by atoms with Gasteiger partial charge in [-0.2, -0.15) is 0 Å². The summed E-state index contributed by atoms with van der Waals surface area (Å²) >= 11 is 0. The number of hydrogen-bond acceptors (Lipinski definition) is 3. The first kappa shape index (κ1) is 17.6. The molecule has 1 aromatic rings. The minimum atomic E-state index is -0.848. The van der Waals surface area contributed by atoms with E-state index in [2.05, 4.69) is 0 Å². The predicted molar refractivity (Wildman–Crippen MR) is 87.8 cm³/mol. The van der Waals surface area contributed by atoms with E-state index in [4.69, 9.17) is 0 Å². The van der Waals surface area contributed by atoms with Crippen LogP contribution in [0, 0.1) is 5.21 Å². The molecule has 23 heavy (non-hydrogen) atoms. The normalized spacial score (nSPS) is 20.1. The largest absolute Gasteiger partial charge is 0.714 e. The van der Waals surface area contributed by atoms with Crippen molar-refractivity contribution in [2.75, 3.05) is 5.06 Å². The van der Waals surface area contributed by atoms with Gasteiger partial charge in [0.15, 0.2) is 5.54 Å². The summed E-state index contributed by atoms with van der Waals surface area (Å²) in [7, 11) is 0. The molecule has 0 amide bonds. The van der Waals surface area contributed by atoms with Crippen LogP contribution in [0.1, 0.15) is 54.0 Å². The van der Waals surface area contributed by atoms with Gasteiger partial charge in [-0.1, -0.05) is 10.3 Å². The van der Waals surface area contributed by atoms with E-state index in [1.807, 2.05) is 20.8 Å². The van der Waals surface area contributed by atoms with Crippen LogP contribution in [-0.2, 0) is 10.4 Å². The Morgan fingerprint density at radius 1 is 1.09 bits per heavy atom. The van der Waals surface area contributed by atoms with Gasteiger partial charge in [-0.25, -0.2) is 5.06 Å². The third-order valence-electron chi connectivity index (χ3n) is 4.87. The molecule has 0 unspecified atom stereocenters. The van der Waals surface area contributed by atoms with Crippen LogP contribution in [0.2, 0.25) is 0 Å². The first-order chi connectivity index (χ1) is 10.3. The maximum Gasteiger partial charge on any atom is 0.316 e. The summed E-state index contributed by atoms with van der Waals surface area (Å²) in [6.07, 6.45) is 0. The number of anilines is 1. The van der Waals surface area contributed by atoms with E-state index in [1.54, 1.807) is 52.0 Å². The van der Waals surface area contributed by atoms with Gasteiger partial charge >= 0.3 is 5.84 Å². The molecule has 0 fully saturated rings. The third-order valence-corrected chi connectivity index (χ3v) is 4.87. The van der Waals surface area contributed by atoms with Gasteiger partial charge in [0.25, 0.3) is 0 Å². The van der Waals surface area contributed by atoms with Gasteiger partial charge in [0.2, 0.25) is 0 Å². The minimum absolute atomic E-state index is 0.0831. The Balaban J connectivity index is 2.43. The zero-order valence-electron chi connectivity index (χ0n) is 14.9. The van der Waals surface area contributed by atoms with Gasteiger partial charge in [0, 0.05) is 5.21 Å². The lowest BCUT2D eigenvalue weighted by atomic mass is 9.84. The minimum Gasteiger partial charge on any atom is -0.714 e. The zero-order chi connectivity index (χ0) is 17.8. The fourth-order valence-electron chi connectivity index (χ4n) is 2.48. The van der Waals surface area contributed by atoms with E-state index in [0.29, 0.717) is 11.3 Å². The number of benzene rings is 1. The molecule has 0 N–H and O–H groups in total. The molecule has 1 aliphatic heterocycles. The summed E-state index contributed by atoms with van der Waals surface area (Å²) in [6.45, 7) is 12.5. The SMILES string of the molecule is CC(C)(C)N([O])c1ccc(C2=[N+]([O-])C(C)(C)C(C)(C)N2[O])cc1. The number of hydroxylamine groups is 4. The Kier molecular flexibility index (Phi) is 3.90. The number of amidine groups is 1. The van der Waals surface area contributed by atoms with E-state index in [9.17, 15) is 15.6 Å². The molecular formula is C17H25N3O3. The lowest BCUT2D eigenvalue weighted by molar-refractivity contribution is -0.539. The average Bonchev–Trinajstić information content (AvgIpc) is 2.56. The summed E-state index contributed by atoms with van der Waals surface area (Å²) in [5.41, 5.74) is -1.24. The molecule has 1 heterocycles. The molecule has 0 saturated carbocycles. The summed E-state index contributed by atoms with van der Waals surface area (Å²) in [5.74, 6) is 0.0831. The second-order valence-corrected chi connectivity index (χ2v) is 8.04. The van der Waals surface area contributed by atoms with Crippen molar-refractivity contribution in [3.63, 3.8) is 0 Å². The molecule has 1 aromatic carbocycles. The fourth-order valence-corrected chi connectivity index (χ4v) is 2.48. The summed E-state index contributed by atoms with van der Waals surface area (Å²) in [6, 6.07) is 6.57. The van der Waals surface area contributed by atoms with Crippen molar-refractivity contribution < 1.29 is 15.2 Å². The van der Waals surface area contributed by atoms with Gasteiger partial charge in [0.05, 0.1) is 16.8 Å². The molecule has 6 nitrogen and oxygen atoms in total. The second kappa shape index (κ2) is 5.11. The molecule has 0 spiro atoms. The Morgan fingerprint density at radius 3 is 1.91 bits per heavy atom. The second-order valence-electron chi connectivity index (χ2n) is 8.04. The lowest BCUT2D eigenvalue weighted by Crippen LogP contribution is -2.53. The first-order valence-corrected chi connectivity index (χ1v) is 7.71. The summed E-state index contributed by atoms with van der Waals surface area (Å²) < 4.78 is 0.772. The number of hydrogen-bond donors (Lipinski definition) is 0. The highest BCUT2D eigenvalue weighted by molar-refractivity contribution is 5.96. The van der Waals surface area contributed by atoms with Gasteiger partial charge in [-0.15, -0.1) is 0 Å². The maximum atomic E-state index is 12.6. The predicted octanol–water partition coefficient (Wildman–Crippen LogP) is 3.11. The van der Waals surface area contributed by atoms with Gasteiger partial charge in [0.1, 0.15) is 5.54 Å². The summed E-state index contributed by atoms with van der Waals surface area (Å²) in [4.78, 5) is 0. The molecule has 0 aromatic heterocycles. The van der Waals surface area contributed by atoms with Crippen molar-refractivity contribution in [3.8, 4) is 0 Å². The number of rotatable bonds is 2. The van der Waals surface area contributed by atoms with Crippen LogP contribution in [0.5, 0.6) is 0 Å². The van der Waals surface area contributed by atoms with Crippen molar-refractivity contribution in [2.24, 2.45) is 0 Å². The maximum absolute atomic E-state index is 12.6. The van der Waals surface area contributed by atoms with E-state index in [-0.39, 0.29) is 5.84 Å². The molecule has 0 atom stereocenters. The molecule has 0 bridgehead atoms. The molecule has 1 aliphatic rings. The number of nitrogens with zero attached hydrogens (tertiary/aromatic N) is 3. The molecule has 0 aliphatic carbocycles. The summed E-state index contributed by atoms with van der Waals surface area (Å²) in [5, 5.41) is 39.1. The molecular weight excluding hydrogens is 294 g/mol. The van der Waals surface area contributed by atoms with Crippen molar-refractivity contribution in [2.45, 2.75) is 65.1 Å². The van der Waals surface area contributed by atoms with E-state index >= 15 is 0 Å². The third kappa shape index (κ3) is 2.56. The van der Waals surface area contributed by atoms with Crippen molar-refractivity contribution in [1.82, 2.24) is 5.06 Å². The van der Waals surface area contributed by atoms with Crippen molar-refractivity contribution >= 4 is 11.5 Å². The van der Waals surface area contributed by atoms with Crippen LogP contribution in [0.4, 0.5) is 5.69 Å². The average molecular weight is 319 g/mol. The highest BCUT2D eigenvalue weighted by atomic mass is 16.5. The smallest absolute Gasteiger partial charge is 0.316 e. The van der Waals surface area contributed by atoms with E-state index in [0.717, 1.165) is 14.9 Å². The van der Waals surface area contributed by atoms with Crippen molar-refractivity contribution in [3.05, 3.63) is 35.0 Å². The van der Waals surface area contributed by atoms with Gasteiger partial charge in [-0.3, -0.25) is 4.74 Å².